The van der Waals surface area contributed by atoms with Crippen molar-refractivity contribution in [1.29, 1.82) is 0 Å². The molecule has 10 heteroatoms. The highest BCUT2D eigenvalue weighted by Gasteiger charge is 2.31. The van der Waals surface area contributed by atoms with Crippen LogP contribution in [0.2, 0.25) is 0 Å². The summed E-state index contributed by atoms with van der Waals surface area (Å²) >= 11 is 0. The van der Waals surface area contributed by atoms with E-state index >= 15 is 0 Å². The number of rotatable bonds is 5. The molecular weight excluding hydrogens is 380 g/mol. The molecule has 2 atom stereocenters. The summed E-state index contributed by atoms with van der Waals surface area (Å²) in [4.78, 5) is 28.4. The Labute approximate surface area is 156 Å². The van der Waals surface area contributed by atoms with Crippen molar-refractivity contribution in [2.45, 2.75) is 39.2 Å². The topological polar surface area (TPSA) is 83.5 Å². The second kappa shape index (κ2) is 7.25. The van der Waals surface area contributed by atoms with Gasteiger partial charge < -0.3 is 0 Å². The number of alkyl halides is 4. The molecule has 0 aliphatic heterocycles. The fraction of sp³-hybridized carbons (Fsp3) is 0.389. The van der Waals surface area contributed by atoms with Crippen LogP contribution in [0.5, 0.6) is 0 Å². The van der Waals surface area contributed by atoms with Gasteiger partial charge in [-0.2, -0.15) is 18.3 Å². The van der Waals surface area contributed by atoms with Crippen molar-refractivity contribution in [3.63, 3.8) is 0 Å². The van der Waals surface area contributed by atoms with E-state index in [1.165, 1.54) is 16.8 Å². The Kier molecular flexibility index (Phi) is 5.14. The average molecular weight is 398 g/mol. The Morgan fingerprint density at radius 1 is 1.14 bits per heavy atom. The van der Waals surface area contributed by atoms with Crippen molar-refractivity contribution in [3.8, 4) is 0 Å². The molecular formula is C18H18F4N4O2. The Morgan fingerprint density at radius 3 is 2.32 bits per heavy atom. The summed E-state index contributed by atoms with van der Waals surface area (Å²) in [6.07, 6.45) is -3.84. The van der Waals surface area contributed by atoms with Gasteiger partial charge in [0.25, 0.3) is 5.56 Å². The highest BCUT2D eigenvalue weighted by Crippen LogP contribution is 2.34. The average Bonchev–Trinajstić information content (AvgIpc) is 3.00. The zero-order valence-corrected chi connectivity index (χ0v) is 15.1. The van der Waals surface area contributed by atoms with Crippen LogP contribution in [0.3, 0.4) is 0 Å². The van der Waals surface area contributed by atoms with Gasteiger partial charge >= 0.3 is 11.9 Å². The number of hydrogen-bond acceptors (Lipinski definition) is 3. The predicted molar refractivity (Wildman–Crippen MR) is 94.8 cm³/mol. The van der Waals surface area contributed by atoms with Gasteiger partial charge in [0.05, 0.1) is 11.6 Å². The van der Waals surface area contributed by atoms with E-state index in [9.17, 15) is 27.2 Å². The summed E-state index contributed by atoms with van der Waals surface area (Å²) in [5.41, 5.74) is -1.95. The first-order chi connectivity index (χ1) is 13.2. The monoisotopic (exact) mass is 398 g/mol. The van der Waals surface area contributed by atoms with Crippen molar-refractivity contribution >= 4 is 11.0 Å². The van der Waals surface area contributed by atoms with Crippen LogP contribution in [0.15, 0.2) is 33.9 Å². The lowest BCUT2D eigenvalue weighted by molar-refractivity contribution is -0.137. The number of nitrogens with one attached hydrogen (secondary N) is 2. The fourth-order valence-corrected chi connectivity index (χ4v) is 3.24. The third-order valence-electron chi connectivity index (χ3n) is 4.82. The SMILES string of the molecule is CC[C@H](C)C(c1ccc(C(F)(F)F)cc1)n1nc(CF)c2c(=O)[nH]c(=O)[nH]c21. The Morgan fingerprint density at radius 2 is 1.79 bits per heavy atom. The van der Waals surface area contributed by atoms with Crippen molar-refractivity contribution in [3.05, 3.63) is 61.9 Å². The minimum Gasteiger partial charge on any atom is -0.291 e. The van der Waals surface area contributed by atoms with Crippen molar-refractivity contribution in [2.24, 2.45) is 5.92 Å². The molecule has 6 nitrogen and oxygen atoms in total. The highest BCUT2D eigenvalue weighted by molar-refractivity contribution is 5.77. The summed E-state index contributed by atoms with van der Waals surface area (Å²) in [5.74, 6) is -0.130. The van der Waals surface area contributed by atoms with Crippen LogP contribution >= 0.6 is 0 Å². The van der Waals surface area contributed by atoms with E-state index in [4.69, 9.17) is 0 Å². The van der Waals surface area contributed by atoms with E-state index in [0.29, 0.717) is 12.0 Å². The molecule has 0 bridgehead atoms. The number of aromatic amines is 2. The van der Waals surface area contributed by atoms with E-state index in [0.717, 1.165) is 12.1 Å². The van der Waals surface area contributed by atoms with Crippen LogP contribution in [0, 0.1) is 5.92 Å². The minimum absolute atomic E-state index is 0.0339. The van der Waals surface area contributed by atoms with E-state index in [-0.39, 0.29) is 22.6 Å². The summed E-state index contributed by atoms with van der Waals surface area (Å²) in [6.45, 7) is 2.72. The smallest absolute Gasteiger partial charge is 0.291 e. The van der Waals surface area contributed by atoms with Gasteiger partial charge in [0.1, 0.15) is 23.4 Å². The summed E-state index contributed by atoms with van der Waals surface area (Å²) in [7, 11) is 0. The first kappa shape index (κ1) is 19.8. The zero-order chi connectivity index (χ0) is 20.6. The van der Waals surface area contributed by atoms with Gasteiger partial charge in [-0.25, -0.2) is 13.9 Å². The van der Waals surface area contributed by atoms with Gasteiger partial charge in [0, 0.05) is 0 Å². The molecule has 1 aromatic carbocycles. The lowest BCUT2D eigenvalue weighted by Gasteiger charge is -2.25. The molecule has 0 spiro atoms. The Hall–Kier alpha value is -2.91. The number of halogens is 4. The summed E-state index contributed by atoms with van der Waals surface area (Å²) < 4.78 is 53.4. The third kappa shape index (κ3) is 3.46. The van der Waals surface area contributed by atoms with Crippen LogP contribution < -0.4 is 11.2 Å². The van der Waals surface area contributed by atoms with Crippen molar-refractivity contribution in [2.75, 3.05) is 0 Å². The normalized spacial score (nSPS) is 14.4. The molecule has 2 N–H and O–H groups in total. The second-order valence-electron chi connectivity index (χ2n) is 6.61. The Balaban J connectivity index is 2.24. The van der Waals surface area contributed by atoms with E-state index in [1.54, 1.807) is 0 Å². The lowest BCUT2D eigenvalue weighted by atomic mass is 9.92. The standard InChI is InChI=1S/C18H18F4N4O2/c1-3-9(2)14(10-4-6-11(7-5-10)18(20,21)22)26-15-13(12(8-19)25-26)16(27)24-17(28)23-15/h4-7,9,14H,3,8H2,1-2H3,(H2,23,24,27,28)/t9-,14?/m0/s1. The number of H-pyrrole nitrogens is 2. The van der Waals surface area contributed by atoms with Gasteiger partial charge in [-0.05, 0) is 23.6 Å². The molecule has 0 fully saturated rings. The molecule has 0 saturated heterocycles. The first-order valence-corrected chi connectivity index (χ1v) is 8.64. The lowest BCUT2D eigenvalue weighted by Crippen LogP contribution is -2.25. The van der Waals surface area contributed by atoms with Crippen LogP contribution in [0.4, 0.5) is 17.6 Å². The van der Waals surface area contributed by atoms with Gasteiger partial charge in [-0.1, -0.05) is 32.4 Å². The molecule has 2 heterocycles. The van der Waals surface area contributed by atoms with Crippen LogP contribution in [0.25, 0.3) is 11.0 Å². The second-order valence-corrected chi connectivity index (χ2v) is 6.61. The molecule has 0 aliphatic rings. The van der Waals surface area contributed by atoms with Gasteiger partial charge in [-0.3, -0.25) is 14.8 Å². The van der Waals surface area contributed by atoms with Crippen LogP contribution in [0.1, 0.15) is 43.1 Å². The van der Waals surface area contributed by atoms with E-state index in [1.807, 2.05) is 18.8 Å². The molecule has 1 unspecified atom stereocenters. The molecule has 0 saturated carbocycles. The Bertz CT molecular complexity index is 1100. The number of hydrogen-bond donors (Lipinski definition) is 2. The third-order valence-corrected chi connectivity index (χ3v) is 4.82. The van der Waals surface area contributed by atoms with Crippen LogP contribution in [-0.2, 0) is 12.9 Å². The molecule has 3 rings (SSSR count). The minimum atomic E-state index is -4.47. The molecule has 28 heavy (non-hydrogen) atoms. The molecule has 0 radical (unpaired) electrons. The summed E-state index contributed by atoms with van der Waals surface area (Å²) in [6, 6.07) is 3.97. The molecule has 150 valence electrons. The van der Waals surface area contributed by atoms with Gasteiger partial charge in [0.15, 0.2) is 0 Å². The maximum atomic E-state index is 13.4. The maximum absolute atomic E-state index is 13.4. The molecule has 3 aromatic rings. The number of nitrogens with zero attached hydrogens (tertiary/aromatic N) is 2. The van der Waals surface area contributed by atoms with Crippen molar-refractivity contribution in [1.82, 2.24) is 19.7 Å². The molecule has 0 aliphatic carbocycles. The number of aromatic nitrogens is 4. The summed E-state index contributed by atoms with van der Waals surface area (Å²) in [5, 5.41) is 4.07. The molecule has 2 aromatic heterocycles. The van der Waals surface area contributed by atoms with Gasteiger partial charge in [0.2, 0.25) is 0 Å². The quantitative estimate of drug-likeness (QED) is 0.645. The van der Waals surface area contributed by atoms with Crippen LogP contribution in [-0.4, -0.2) is 19.7 Å². The maximum Gasteiger partial charge on any atom is 0.416 e. The fourth-order valence-electron chi connectivity index (χ4n) is 3.24. The molecule has 0 amide bonds. The zero-order valence-electron chi connectivity index (χ0n) is 15.1. The predicted octanol–water partition coefficient (Wildman–Crippen LogP) is 3.54. The van der Waals surface area contributed by atoms with E-state index < -0.39 is 35.7 Å². The number of benzene rings is 1. The van der Waals surface area contributed by atoms with Crippen molar-refractivity contribution < 1.29 is 17.6 Å². The van der Waals surface area contributed by atoms with E-state index in [2.05, 4.69) is 10.1 Å². The highest BCUT2D eigenvalue weighted by atomic mass is 19.4. The first-order valence-electron chi connectivity index (χ1n) is 8.64. The number of fused-ring (bicyclic) bond motifs is 1. The largest absolute Gasteiger partial charge is 0.416 e. The van der Waals surface area contributed by atoms with Gasteiger partial charge in [-0.15, -0.1) is 0 Å².